The van der Waals surface area contributed by atoms with Crippen molar-refractivity contribution in [3.05, 3.63) is 28.3 Å². The highest BCUT2D eigenvalue weighted by molar-refractivity contribution is 5.82. The first kappa shape index (κ1) is 15.7. The van der Waals surface area contributed by atoms with Gasteiger partial charge in [-0.2, -0.15) is 0 Å². The molecule has 1 rings (SSSR count). The molecular formula is C13H18N2O5. The number of nitro groups is 1. The Morgan fingerprint density at radius 1 is 1.50 bits per heavy atom. The van der Waals surface area contributed by atoms with Crippen LogP contribution in [0.25, 0.3) is 0 Å². The van der Waals surface area contributed by atoms with E-state index in [1.807, 2.05) is 6.92 Å². The fourth-order valence-electron chi connectivity index (χ4n) is 1.92. The molecule has 0 saturated carbocycles. The maximum Gasteiger partial charge on any atom is 0.329 e. The number of non-ortho nitro benzene ring substituents is 1. The number of carboxylic acids is 1. The predicted molar refractivity (Wildman–Crippen MR) is 74.2 cm³/mol. The van der Waals surface area contributed by atoms with Crippen molar-refractivity contribution < 1.29 is 19.6 Å². The summed E-state index contributed by atoms with van der Waals surface area (Å²) >= 11 is 0. The van der Waals surface area contributed by atoms with Gasteiger partial charge in [-0.05, 0) is 13.3 Å². The van der Waals surface area contributed by atoms with Gasteiger partial charge in [0.2, 0.25) is 0 Å². The third-order valence-corrected chi connectivity index (χ3v) is 2.98. The molecule has 7 heteroatoms. The lowest BCUT2D eigenvalue weighted by molar-refractivity contribution is -0.384. The maximum atomic E-state index is 11.4. The van der Waals surface area contributed by atoms with Crippen LogP contribution >= 0.6 is 0 Å². The molecule has 0 radical (unpaired) electrons. The first-order chi connectivity index (χ1) is 9.32. The van der Waals surface area contributed by atoms with Gasteiger partial charge in [0.1, 0.15) is 11.3 Å². The average molecular weight is 282 g/mol. The largest absolute Gasteiger partial charge is 0.496 e. The van der Waals surface area contributed by atoms with Crippen molar-refractivity contribution in [1.29, 1.82) is 0 Å². The zero-order chi connectivity index (χ0) is 15.3. The molecule has 0 bridgehead atoms. The van der Waals surface area contributed by atoms with Crippen LogP contribution < -0.4 is 10.1 Å². The van der Waals surface area contributed by atoms with Crippen molar-refractivity contribution in [2.45, 2.75) is 32.2 Å². The quantitative estimate of drug-likeness (QED) is 0.589. The summed E-state index contributed by atoms with van der Waals surface area (Å²) < 4.78 is 4.99. The number of carbonyl (C=O) groups is 1. The Kier molecular flexibility index (Phi) is 4.90. The third kappa shape index (κ3) is 3.59. The Labute approximate surface area is 116 Å². The second-order valence-corrected chi connectivity index (χ2v) is 4.69. The molecule has 2 N–H and O–H groups in total. The second-order valence-electron chi connectivity index (χ2n) is 4.69. The summed E-state index contributed by atoms with van der Waals surface area (Å²) in [5.41, 5.74) is -1.000. The zero-order valence-electron chi connectivity index (χ0n) is 11.7. The second kappa shape index (κ2) is 6.23. The van der Waals surface area contributed by atoms with E-state index >= 15 is 0 Å². The summed E-state index contributed by atoms with van der Waals surface area (Å²) in [4.78, 5) is 21.7. The average Bonchev–Trinajstić information content (AvgIpc) is 2.38. The van der Waals surface area contributed by atoms with Gasteiger partial charge in [-0.15, -0.1) is 0 Å². The molecule has 1 unspecified atom stereocenters. The number of hydrogen-bond donors (Lipinski definition) is 2. The molecule has 110 valence electrons. The Morgan fingerprint density at radius 2 is 2.15 bits per heavy atom. The van der Waals surface area contributed by atoms with Crippen LogP contribution in [0.5, 0.6) is 5.75 Å². The molecular weight excluding hydrogens is 264 g/mol. The van der Waals surface area contributed by atoms with Crippen LogP contribution in [0.2, 0.25) is 0 Å². The molecule has 0 aliphatic carbocycles. The van der Waals surface area contributed by atoms with Crippen LogP contribution in [0.3, 0.4) is 0 Å². The fourth-order valence-corrected chi connectivity index (χ4v) is 1.92. The molecule has 20 heavy (non-hydrogen) atoms. The summed E-state index contributed by atoms with van der Waals surface area (Å²) in [6, 6.07) is 4.10. The van der Waals surface area contributed by atoms with E-state index in [1.165, 1.54) is 25.3 Å². The molecule has 7 nitrogen and oxygen atoms in total. The first-order valence-electron chi connectivity index (χ1n) is 6.17. The number of aliphatic carboxylic acids is 1. The molecule has 0 saturated heterocycles. The topological polar surface area (TPSA) is 102 Å². The Morgan fingerprint density at radius 3 is 2.60 bits per heavy atom. The van der Waals surface area contributed by atoms with Crippen LogP contribution in [-0.2, 0) is 4.79 Å². The lowest BCUT2D eigenvalue weighted by Crippen LogP contribution is -2.43. The molecule has 0 spiro atoms. The molecule has 0 aromatic heterocycles. The monoisotopic (exact) mass is 282 g/mol. The van der Waals surface area contributed by atoms with Crippen LogP contribution in [0, 0.1) is 10.1 Å². The molecule has 0 aliphatic rings. The minimum Gasteiger partial charge on any atom is -0.496 e. The highest BCUT2D eigenvalue weighted by Crippen LogP contribution is 2.29. The molecule has 0 amide bonds. The number of nitrogens with zero attached hydrogens (tertiary/aromatic N) is 1. The van der Waals surface area contributed by atoms with E-state index in [0.29, 0.717) is 24.3 Å². The normalized spacial score (nSPS) is 13.3. The summed E-state index contributed by atoms with van der Waals surface area (Å²) in [6.45, 7) is 3.42. The minimum atomic E-state index is -1.19. The van der Waals surface area contributed by atoms with Gasteiger partial charge in [-0.1, -0.05) is 13.3 Å². The van der Waals surface area contributed by atoms with Gasteiger partial charge in [0.05, 0.1) is 18.1 Å². The van der Waals surface area contributed by atoms with E-state index in [1.54, 1.807) is 6.92 Å². The first-order valence-corrected chi connectivity index (χ1v) is 6.17. The van der Waals surface area contributed by atoms with E-state index in [-0.39, 0.29) is 5.69 Å². The highest BCUT2D eigenvalue weighted by atomic mass is 16.6. The van der Waals surface area contributed by atoms with Crippen LogP contribution in [-0.4, -0.2) is 28.6 Å². The van der Waals surface area contributed by atoms with Crippen molar-refractivity contribution in [2.24, 2.45) is 0 Å². The van der Waals surface area contributed by atoms with Gasteiger partial charge >= 0.3 is 5.97 Å². The molecule has 1 aromatic rings. The van der Waals surface area contributed by atoms with Gasteiger partial charge in [-0.3, -0.25) is 10.1 Å². The highest BCUT2D eigenvalue weighted by Gasteiger charge is 2.32. The maximum absolute atomic E-state index is 11.4. The predicted octanol–water partition coefficient (Wildman–Crippen LogP) is 2.66. The van der Waals surface area contributed by atoms with Gasteiger partial charge in [0.15, 0.2) is 0 Å². The lowest BCUT2D eigenvalue weighted by atomic mass is 9.96. The summed E-state index contributed by atoms with van der Waals surface area (Å²) in [5, 5.41) is 23.0. The number of carboxylic acid groups (broad SMARTS) is 1. The zero-order valence-corrected chi connectivity index (χ0v) is 11.7. The standard InChI is InChI=1S/C13H18N2O5/c1-4-5-13(2,12(16)17)14-9-6-10(15(18)19)8-11(7-9)20-3/h6-8,14H,4-5H2,1-3H3,(H,16,17). The SMILES string of the molecule is CCCC(C)(Nc1cc(OC)cc([N+](=O)[O-])c1)C(=O)O. The van der Waals surface area contributed by atoms with Gasteiger partial charge in [0.25, 0.3) is 5.69 Å². The van der Waals surface area contributed by atoms with E-state index in [4.69, 9.17) is 4.74 Å². The fraction of sp³-hybridized carbons (Fsp3) is 0.462. The number of methoxy groups -OCH3 is 1. The van der Waals surface area contributed by atoms with Crippen molar-refractivity contribution >= 4 is 17.3 Å². The van der Waals surface area contributed by atoms with Crippen molar-refractivity contribution in [3.8, 4) is 5.75 Å². The number of rotatable bonds is 7. The van der Waals surface area contributed by atoms with E-state index < -0.39 is 16.4 Å². The third-order valence-electron chi connectivity index (χ3n) is 2.98. The number of hydrogen-bond acceptors (Lipinski definition) is 5. The lowest BCUT2D eigenvalue weighted by Gasteiger charge is -2.27. The van der Waals surface area contributed by atoms with Crippen LogP contribution in [0.4, 0.5) is 11.4 Å². The van der Waals surface area contributed by atoms with E-state index in [2.05, 4.69) is 5.32 Å². The van der Waals surface area contributed by atoms with E-state index in [0.717, 1.165) is 0 Å². The number of nitro benzene ring substituents is 1. The Hall–Kier alpha value is -2.31. The van der Waals surface area contributed by atoms with Crippen molar-refractivity contribution in [1.82, 2.24) is 0 Å². The van der Waals surface area contributed by atoms with E-state index in [9.17, 15) is 20.0 Å². The molecule has 0 aliphatic heterocycles. The number of benzene rings is 1. The molecule has 1 aromatic carbocycles. The summed E-state index contributed by atoms with van der Waals surface area (Å²) in [6.07, 6.45) is 1.06. The van der Waals surface area contributed by atoms with Crippen LogP contribution in [0.15, 0.2) is 18.2 Å². The molecule has 0 heterocycles. The molecule has 1 atom stereocenters. The summed E-state index contributed by atoms with van der Waals surface area (Å²) in [7, 11) is 1.39. The molecule has 0 fully saturated rings. The van der Waals surface area contributed by atoms with Crippen LogP contribution in [0.1, 0.15) is 26.7 Å². The van der Waals surface area contributed by atoms with Crippen molar-refractivity contribution in [3.63, 3.8) is 0 Å². The van der Waals surface area contributed by atoms with Gasteiger partial charge < -0.3 is 15.2 Å². The summed E-state index contributed by atoms with van der Waals surface area (Å²) in [5.74, 6) is -0.712. The number of anilines is 1. The van der Waals surface area contributed by atoms with Gasteiger partial charge in [-0.25, -0.2) is 4.79 Å². The Bertz CT molecular complexity index is 517. The smallest absolute Gasteiger partial charge is 0.329 e. The Balaban J connectivity index is 3.15. The van der Waals surface area contributed by atoms with Crippen molar-refractivity contribution in [2.75, 3.05) is 12.4 Å². The minimum absolute atomic E-state index is 0.156. The van der Waals surface area contributed by atoms with Gasteiger partial charge in [0, 0.05) is 17.8 Å². The number of ether oxygens (including phenoxy) is 1. The number of nitrogens with one attached hydrogen (secondary N) is 1.